The number of aliphatic hydroxyl groups excluding tert-OH is 1. The van der Waals surface area contributed by atoms with E-state index in [1.165, 1.54) is 10.9 Å². The summed E-state index contributed by atoms with van der Waals surface area (Å²) in [4.78, 5) is 0. The van der Waals surface area contributed by atoms with Crippen LogP contribution < -0.4 is 5.32 Å². The van der Waals surface area contributed by atoms with Crippen LogP contribution in [0.1, 0.15) is 38.0 Å². The standard InChI is InChI=1S/C16H23NO2/c1-3-4-8-16-14(10-17-12(2)11-18)13-7-5-6-9-15(13)19-16/h5-7,9,12,17-18H,3-4,8,10-11H2,1-2H3. The molecule has 0 aliphatic heterocycles. The average Bonchev–Trinajstić information content (AvgIpc) is 2.80. The number of hydrogen-bond acceptors (Lipinski definition) is 3. The SMILES string of the molecule is CCCCc1oc2ccccc2c1CNC(C)CO. The molecule has 0 spiro atoms. The van der Waals surface area contributed by atoms with Crippen molar-refractivity contribution < 1.29 is 9.52 Å². The molecule has 3 heteroatoms. The normalized spacial score (nSPS) is 13.0. The molecule has 1 unspecified atom stereocenters. The van der Waals surface area contributed by atoms with E-state index in [-0.39, 0.29) is 12.6 Å². The molecule has 1 aromatic carbocycles. The van der Waals surface area contributed by atoms with E-state index < -0.39 is 0 Å². The number of rotatable bonds is 7. The highest BCUT2D eigenvalue weighted by Gasteiger charge is 2.13. The Labute approximate surface area is 114 Å². The summed E-state index contributed by atoms with van der Waals surface area (Å²) in [6.07, 6.45) is 3.29. The molecule has 1 heterocycles. The Morgan fingerprint density at radius 3 is 2.84 bits per heavy atom. The van der Waals surface area contributed by atoms with Gasteiger partial charge in [0, 0.05) is 30.0 Å². The largest absolute Gasteiger partial charge is 0.461 e. The van der Waals surface area contributed by atoms with Crippen molar-refractivity contribution in [2.45, 2.75) is 45.7 Å². The van der Waals surface area contributed by atoms with E-state index >= 15 is 0 Å². The summed E-state index contributed by atoms with van der Waals surface area (Å²) >= 11 is 0. The number of hydrogen-bond donors (Lipinski definition) is 2. The minimum Gasteiger partial charge on any atom is -0.461 e. The Morgan fingerprint density at radius 1 is 1.32 bits per heavy atom. The molecular formula is C16H23NO2. The Balaban J connectivity index is 2.25. The molecule has 0 saturated carbocycles. The van der Waals surface area contributed by atoms with Gasteiger partial charge >= 0.3 is 0 Å². The van der Waals surface area contributed by atoms with Crippen molar-refractivity contribution in [2.75, 3.05) is 6.61 Å². The van der Waals surface area contributed by atoms with Crippen LogP contribution in [0.5, 0.6) is 0 Å². The molecule has 2 N–H and O–H groups in total. The minimum atomic E-state index is 0.104. The predicted octanol–water partition coefficient (Wildman–Crippen LogP) is 3.25. The molecule has 0 aliphatic rings. The van der Waals surface area contributed by atoms with Gasteiger partial charge in [0.05, 0.1) is 6.61 Å². The molecule has 0 saturated heterocycles. The molecule has 0 bridgehead atoms. The number of benzene rings is 1. The first-order valence-electron chi connectivity index (χ1n) is 7.09. The highest BCUT2D eigenvalue weighted by Crippen LogP contribution is 2.27. The molecular weight excluding hydrogens is 238 g/mol. The molecule has 0 radical (unpaired) electrons. The second-order valence-corrected chi connectivity index (χ2v) is 5.07. The molecule has 0 fully saturated rings. The Hall–Kier alpha value is -1.32. The number of unbranched alkanes of at least 4 members (excludes halogenated alkanes) is 1. The zero-order valence-electron chi connectivity index (χ0n) is 11.8. The van der Waals surface area contributed by atoms with Crippen LogP contribution in [-0.4, -0.2) is 17.8 Å². The highest BCUT2D eigenvalue weighted by atomic mass is 16.3. The Kier molecular flexibility index (Phi) is 5.00. The molecule has 1 atom stereocenters. The number of aliphatic hydroxyl groups is 1. The maximum absolute atomic E-state index is 9.10. The molecule has 0 aliphatic carbocycles. The van der Waals surface area contributed by atoms with Crippen molar-refractivity contribution in [3.8, 4) is 0 Å². The van der Waals surface area contributed by atoms with Gasteiger partial charge in [0.25, 0.3) is 0 Å². The van der Waals surface area contributed by atoms with E-state index in [9.17, 15) is 0 Å². The van der Waals surface area contributed by atoms with Crippen LogP contribution in [-0.2, 0) is 13.0 Å². The zero-order chi connectivity index (χ0) is 13.7. The summed E-state index contributed by atoms with van der Waals surface area (Å²) in [5.41, 5.74) is 2.20. The lowest BCUT2D eigenvalue weighted by Gasteiger charge is -2.10. The van der Waals surface area contributed by atoms with E-state index in [0.717, 1.165) is 37.2 Å². The molecule has 104 valence electrons. The van der Waals surface area contributed by atoms with Crippen molar-refractivity contribution in [2.24, 2.45) is 0 Å². The van der Waals surface area contributed by atoms with Gasteiger partial charge in [0.2, 0.25) is 0 Å². The van der Waals surface area contributed by atoms with Gasteiger partial charge in [-0.05, 0) is 19.4 Å². The first-order chi connectivity index (χ1) is 9.26. The molecule has 0 amide bonds. The van der Waals surface area contributed by atoms with Gasteiger partial charge in [0.15, 0.2) is 0 Å². The molecule has 1 aromatic heterocycles. The number of furan rings is 1. The fraction of sp³-hybridized carbons (Fsp3) is 0.500. The zero-order valence-corrected chi connectivity index (χ0v) is 11.8. The maximum Gasteiger partial charge on any atom is 0.134 e. The van der Waals surface area contributed by atoms with Crippen molar-refractivity contribution >= 4 is 11.0 Å². The van der Waals surface area contributed by atoms with Gasteiger partial charge < -0.3 is 14.8 Å². The van der Waals surface area contributed by atoms with E-state index in [1.807, 2.05) is 25.1 Å². The fourth-order valence-electron chi connectivity index (χ4n) is 2.22. The summed E-state index contributed by atoms with van der Waals surface area (Å²) in [7, 11) is 0. The molecule has 2 rings (SSSR count). The quantitative estimate of drug-likeness (QED) is 0.804. The topological polar surface area (TPSA) is 45.4 Å². The van der Waals surface area contributed by atoms with Gasteiger partial charge in [-0.25, -0.2) is 0 Å². The average molecular weight is 261 g/mol. The van der Waals surface area contributed by atoms with Gasteiger partial charge in [-0.1, -0.05) is 31.5 Å². The summed E-state index contributed by atoms with van der Waals surface area (Å²) in [6.45, 7) is 5.07. The van der Waals surface area contributed by atoms with E-state index in [1.54, 1.807) is 0 Å². The van der Waals surface area contributed by atoms with Crippen LogP contribution in [0.3, 0.4) is 0 Å². The van der Waals surface area contributed by atoms with Crippen LogP contribution in [0.2, 0.25) is 0 Å². The van der Waals surface area contributed by atoms with Crippen LogP contribution in [0, 0.1) is 0 Å². The molecule has 19 heavy (non-hydrogen) atoms. The predicted molar refractivity (Wildman–Crippen MR) is 78.2 cm³/mol. The van der Waals surface area contributed by atoms with Crippen LogP contribution in [0.15, 0.2) is 28.7 Å². The third-order valence-corrected chi connectivity index (χ3v) is 3.44. The molecule has 3 nitrogen and oxygen atoms in total. The Morgan fingerprint density at radius 2 is 2.11 bits per heavy atom. The second kappa shape index (κ2) is 6.73. The number of aryl methyl sites for hydroxylation is 1. The second-order valence-electron chi connectivity index (χ2n) is 5.07. The van der Waals surface area contributed by atoms with Crippen LogP contribution in [0.4, 0.5) is 0 Å². The van der Waals surface area contributed by atoms with Gasteiger partial charge in [-0.2, -0.15) is 0 Å². The van der Waals surface area contributed by atoms with Gasteiger partial charge in [0.1, 0.15) is 11.3 Å². The van der Waals surface area contributed by atoms with Crippen molar-refractivity contribution in [1.29, 1.82) is 0 Å². The third-order valence-electron chi connectivity index (χ3n) is 3.44. The minimum absolute atomic E-state index is 0.104. The third kappa shape index (κ3) is 3.37. The lowest BCUT2D eigenvalue weighted by Crippen LogP contribution is -2.28. The lowest BCUT2D eigenvalue weighted by atomic mass is 10.1. The molecule has 2 aromatic rings. The van der Waals surface area contributed by atoms with Crippen molar-refractivity contribution in [1.82, 2.24) is 5.32 Å². The maximum atomic E-state index is 9.10. The van der Waals surface area contributed by atoms with E-state index in [0.29, 0.717) is 0 Å². The van der Waals surface area contributed by atoms with E-state index in [2.05, 4.69) is 18.3 Å². The number of para-hydroxylation sites is 1. The smallest absolute Gasteiger partial charge is 0.134 e. The summed E-state index contributed by atoms with van der Waals surface area (Å²) in [5.74, 6) is 1.08. The van der Waals surface area contributed by atoms with Crippen molar-refractivity contribution in [3.05, 3.63) is 35.6 Å². The van der Waals surface area contributed by atoms with Gasteiger partial charge in [-0.3, -0.25) is 0 Å². The summed E-state index contributed by atoms with van der Waals surface area (Å²) in [5, 5.41) is 13.6. The van der Waals surface area contributed by atoms with Gasteiger partial charge in [-0.15, -0.1) is 0 Å². The number of fused-ring (bicyclic) bond motifs is 1. The van der Waals surface area contributed by atoms with Crippen LogP contribution in [0.25, 0.3) is 11.0 Å². The van der Waals surface area contributed by atoms with E-state index in [4.69, 9.17) is 9.52 Å². The van der Waals surface area contributed by atoms with Crippen LogP contribution >= 0.6 is 0 Å². The fourth-order valence-corrected chi connectivity index (χ4v) is 2.22. The van der Waals surface area contributed by atoms with Crippen molar-refractivity contribution in [3.63, 3.8) is 0 Å². The Bertz CT molecular complexity index is 518. The first-order valence-corrected chi connectivity index (χ1v) is 7.09. The summed E-state index contributed by atoms with van der Waals surface area (Å²) < 4.78 is 5.96. The monoisotopic (exact) mass is 261 g/mol. The lowest BCUT2D eigenvalue weighted by molar-refractivity contribution is 0.251. The first kappa shape index (κ1) is 14.1. The highest BCUT2D eigenvalue weighted by molar-refractivity contribution is 5.82. The summed E-state index contributed by atoms with van der Waals surface area (Å²) in [6, 6.07) is 8.27. The number of nitrogens with one attached hydrogen (secondary N) is 1.